The second-order valence-electron chi connectivity index (χ2n) is 6.22. The van der Waals surface area contributed by atoms with Gasteiger partial charge in [-0.05, 0) is 37.6 Å². The van der Waals surface area contributed by atoms with Crippen LogP contribution in [0.4, 0.5) is 5.95 Å². The van der Waals surface area contributed by atoms with Gasteiger partial charge in [-0.15, -0.1) is 0 Å². The van der Waals surface area contributed by atoms with Gasteiger partial charge in [-0.2, -0.15) is 0 Å². The van der Waals surface area contributed by atoms with Crippen LogP contribution in [0, 0.1) is 0 Å². The highest BCUT2D eigenvalue weighted by Crippen LogP contribution is 2.33. The average molecular weight is 354 g/mol. The lowest BCUT2D eigenvalue weighted by atomic mass is 10.2. The van der Waals surface area contributed by atoms with Crippen molar-refractivity contribution < 1.29 is 0 Å². The van der Waals surface area contributed by atoms with E-state index in [-0.39, 0.29) is 0 Å². The summed E-state index contributed by atoms with van der Waals surface area (Å²) in [6.07, 6.45) is 11.9. The van der Waals surface area contributed by atoms with Crippen LogP contribution in [0.2, 0.25) is 5.02 Å². The zero-order chi connectivity index (χ0) is 17.8. The van der Waals surface area contributed by atoms with Gasteiger partial charge in [0.1, 0.15) is 0 Å². The maximum absolute atomic E-state index is 6.01. The fraction of sp³-hybridized carbons (Fsp3) is 0.286. The van der Waals surface area contributed by atoms with E-state index in [4.69, 9.17) is 16.6 Å². The van der Waals surface area contributed by atoms with E-state index in [1.165, 1.54) is 12.8 Å². The van der Waals surface area contributed by atoms with E-state index >= 15 is 0 Å². The molecule has 0 atom stereocenters. The Balaban J connectivity index is 1.99. The van der Waals surface area contributed by atoms with Gasteiger partial charge in [0, 0.05) is 34.7 Å². The lowest BCUT2D eigenvalue weighted by Crippen LogP contribution is -2.28. The molecule has 130 valence electrons. The van der Waals surface area contributed by atoms with Crippen LogP contribution in [-0.2, 0) is 0 Å². The van der Waals surface area contributed by atoms with Crippen molar-refractivity contribution in [2.75, 3.05) is 11.4 Å². The van der Waals surface area contributed by atoms with Crippen LogP contribution >= 0.6 is 11.6 Å². The molecule has 0 fully saturated rings. The zero-order valence-electron chi connectivity index (χ0n) is 14.9. The molecule has 0 bridgehead atoms. The van der Waals surface area contributed by atoms with Gasteiger partial charge < -0.3 is 4.90 Å². The monoisotopic (exact) mass is 353 g/mol. The number of aromatic nitrogens is 2. The van der Waals surface area contributed by atoms with E-state index in [0.29, 0.717) is 0 Å². The van der Waals surface area contributed by atoms with Crippen LogP contribution in [0.15, 0.2) is 61.0 Å². The highest BCUT2D eigenvalue weighted by atomic mass is 35.5. The Hall–Kier alpha value is -2.26. The third-order valence-corrected chi connectivity index (χ3v) is 4.58. The summed E-state index contributed by atoms with van der Waals surface area (Å²) >= 11 is 6.01. The van der Waals surface area contributed by atoms with Crippen molar-refractivity contribution in [3.8, 4) is 11.3 Å². The Morgan fingerprint density at radius 2 is 1.96 bits per heavy atom. The molecule has 2 aromatic rings. The standard InChI is InChI=1S/C21H24ClN3/c1-4-6-7-13-24-19(8-5-2)14-16(3)25-15-20(23-21(24)25)17-9-11-18(22)12-10-17/h5,8-12,14-15H,3-4,6-7,13H2,1-2H3/b8-5+. The Bertz CT molecular complexity index is 812. The minimum Gasteiger partial charge on any atom is -0.312 e. The molecular weight excluding hydrogens is 330 g/mol. The summed E-state index contributed by atoms with van der Waals surface area (Å²) in [7, 11) is 0. The van der Waals surface area contributed by atoms with Gasteiger partial charge in [-0.3, -0.25) is 4.57 Å². The number of rotatable bonds is 6. The van der Waals surface area contributed by atoms with Crippen LogP contribution in [0.3, 0.4) is 0 Å². The van der Waals surface area contributed by atoms with Gasteiger partial charge >= 0.3 is 0 Å². The van der Waals surface area contributed by atoms with E-state index in [9.17, 15) is 0 Å². The third kappa shape index (κ3) is 3.72. The van der Waals surface area contributed by atoms with Crippen molar-refractivity contribution in [3.63, 3.8) is 0 Å². The number of hydrogen-bond acceptors (Lipinski definition) is 2. The van der Waals surface area contributed by atoms with Crippen LogP contribution in [-0.4, -0.2) is 16.1 Å². The van der Waals surface area contributed by atoms with Crippen LogP contribution in [0.1, 0.15) is 33.1 Å². The van der Waals surface area contributed by atoms with Crippen LogP contribution in [0.25, 0.3) is 17.0 Å². The van der Waals surface area contributed by atoms with Crippen molar-refractivity contribution in [2.45, 2.75) is 33.1 Å². The predicted octanol–water partition coefficient (Wildman–Crippen LogP) is 6.14. The van der Waals surface area contributed by atoms with E-state index < -0.39 is 0 Å². The molecule has 0 unspecified atom stereocenters. The Labute approximate surface area is 154 Å². The molecule has 0 aliphatic carbocycles. The lowest BCUT2D eigenvalue weighted by molar-refractivity contribution is 0.695. The highest BCUT2D eigenvalue weighted by molar-refractivity contribution is 6.30. The summed E-state index contributed by atoms with van der Waals surface area (Å²) in [6.45, 7) is 9.42. The molecule has 0 saturated carbocycles. The molecule has 0 N–H and O–H groups in total. The first-order valence-electron chi connectivity index (χ1n) is 8.80. The Morgan fingerprint density at radius 1 is 1.20 bits per heavy atom. The van der Waals surface area contributed by atoms with Crippen molar-refractivity contribution >= 4 is 23.2 Å². The van der Waals surface area contributed by atoms with E-state index in [0.717, 1.165) is 46.6 Å². The average Bonchev–Trinajstić information content (AvgIpc) is 3.04. The van der Waals surface area contributed by atoms with Crippen molar-refractivity contribution in [1.82, 2.24) is 9.55 Å². The number of allylic oxidation sites excluding steroid dienone is 4. The van der Waals surface area contributed by atoms with Crippen molar-refractivity contribution in [2.24, 2.45) is 0 Å². The fourth-order valence-corrected chi connectivity index (χ4v) is 3.15. The smallest absolute Gasteiger partial charge is 0.215 e. The van der Waals surface area contributed by atoms with Gasteiger partial charge in [0.05, 0.1) is 5.69 Å². The maximum atomic E-state index is 6.01. The molecule has 1 aromatic heterocycles. The predicted molar refractivity (Wildman–Crippen MR) is 108 cm³/mol. The molecule has 0 spiro atoms. The minimum absolute atomic E-state index is 0.732. The van der Waals surface area contributed by atoms with Gasteiger partial charge in [0.15, 0.2) is 0 Å². The summed E-state index contributed by atoms with van der Waals surface area (Å²) in [6, 6.07) is 7.79. The number of benzene rings is 1. The first-order chi connectivity index (χ1) is 12.1. The van der Waals surface area contributed by atoms with Gasteiger partial charge in [0.2, 0.25) is 5.95 Å². The molecule has 25 heavy (non-hydrogen) atoms. The SMILES string of the molecule is C=C1C=C(/C=C/C)N(CCCCC)c2nc(-c3ccc(Cl)cc3)cn21. The third-order valence-electron chi connectivity index (χ3n) is 4.33. The molecular formula is C21H24ClN3. The number of halogens is 1. The molecule has 0 amide bonds. The van der Waals surface area contributed by atoms with Crippen LogP contribution in [0.5, 0.6) is 0 Å². The molecule has 2 heterocycles. The second-order valence-corrected chi connectivity index (χ2v) is 6.66. The normalized spacial score (nSPS) is 14.1. The highest BCUT2D eigenvalue weighted by Gasteiger charge is 2.23. The quantitative estimate of drug-likeness (QED) is 0.581. The number of unbranched alkanes of at least 4 members (excludes halogenated alkanes) is 2. The molecule has 3 rings (SSSR count). The summed E-state index contributed by atoms with van der Waals surface area (Å²) in [4.78, 5) is 7.19. The maximum Gasteiger partial charge on any atom is 0.215 e. The first kappa shape index (κ1) is 17.6. The minimum atomic E-state index is 0.732. The largest absolute Gasteiger partial charge is 0.312 e. The fourth-order valence-electron chi connectivity index (χ4n) is 3.02. The number of nitrogens with zero attached hydrogens (tertiary/aromatic N) is 3. The number of hydrogen-bond donors (Lipinski definition) is 0. The summed E-state index contributed by atoms with van der Waals surface area (Å²) in [5.74, 6) is 0.932. The molecule has 4 heteroatoms. The number of fused-ring (bicyclic) bond motifs is 1. The van der Waals surface area contributed by atoms with Crippen LogP contribution < -0.4 is 4.90 Å². The Morgan fingerprint density at radius 3 is 2.64 bits per heavy atom. The van der Waals surface area contributed by atoms with Gasteiger partial charge in [0.25, 0.3) is 0 Å². The van der Waals surface area contributed by atoms with E-state index in [1.54, 1.807) is 0 Å². The Kier molecular flexibility index (Phi) is 5.44. The van der Waals surface area contributed by atoms with E-state index in [2.05, 4.69) is 47.4 Å². The number of imidazole rings is 1. The summed E-state index contributed by atoms with van der Waals surface area (Å²) < 4.78 is 2.07. The van der Waals surface area contributed by atoms with Gasteiger partial charge in [-0.1, -0.05) is 56.2 Å². The molecule has 1 aliphatic heterocycles. The van der Waals surface area contributed by atoms with Gasteiger partial charge in [-0.25, -0.2) is 4.98 Å². The molecule has 3 nitrogen and oxygen atoms in total. The summed E-state index contributed by atoms with van der Waals surface area (Å²) in [5, 5.41) is 0.732. The summed E-state index contributed by atoms with van der Waals surface area (Å²) in [5.41, 5.74) is 4.07. The number of anilines is 1. The van der Waals surface area contributed by atoms with Crippen molar-refractivity contribution in [1.29, 1.82) is 0 Å². The topological polar surface area (TPSA) is 21.1 Å². The second kappa shape index (κ2) is 7.75. The molecule has 1 aromatic carbocycles. The lowest BCUT2D eigenvalue weighted by Gasteiger charge is -2.29. The first-order valence-corrected chi connectivity index (χ1v) is 9.18. The van der Waals surface area contributed by atoms with E-state index in [1.807, 2.05) is 31.2 Å². The molecule has 1 aliphatic rings. The molecule has 0 saturated heterocycles. The zero-order valence-corrected chi connectivity index (χ0v) is 15.6. The molecule has 0 radical (unpaired) electrons. The van der Waals surface area contributed by atoms with Crippen molar-refractivity contribution in [3.05, 3.63) is 66.0 Å².